The second-order valence-corrected chi connectivity index (χ2v) is 12.5. The van der Waals surface area contributed by atoms with E-state index in [2.05, 4.69) is 193 Å². The molecule has 1 heterocycles. The van der Waals surface area contributed by atoms with Crippen LogP contribution in [0.15, 0.2) is 205 Å². The average Bonchev–Trinajstić information content (AvgIpc) is 3.59. The molecule has 2 heteroatoms. The van der Waals surface area contributed by atoms with E-state index in [1.807, 2.05) is 12.1 Å². The number of nitrogens with zero attached hydrogens (tertiary/aromatic N) is 1. The molecule has 50 heavy (non-hydrogen) atoms. The summed E-state index contributed by atoms with van der Waals surface area (Å²) < 4.78 is 6.39. The zero-order valence-electron chi connectivity index (χ0n) is 27.4. The van der Waals surface area contributed by atoms with Gasteiger partial charge in [0.25, 0.3) is 0 Å². The molecular formula is C48H33NO. The van der Waals surface area contributed by atoms with Crippen molar-refractivity contribution in [1.29, 1.82) is 0 Å². The number of hydrogen-bond donors (Lipinski definition) is 0. The van der Waals surface area contributed by atoms with Crippen LogP contribution in [-0.2, 0) is 0 Å². The first-order valence-corrected chi connectivity index (χ1v) is 17.0. The van der Waals surface area contributed by atoms with Gasteiger partial charge in [-0.3, -0.25) is 0 Å². The summed E-state index contributed by atoms with van der Waals surface area (Å²) in [5.41, 5.74) is 14.4. The van der Waals surface area contributed by atoms with E-state index in [1.54, 1.807) is 0 Å². The van der Waals surface area contributed by atoms with Crippen LogP contribution < -0.4 is 4.90 Å². The Hall–Kier alpha value is -6.64. The molecule has 0 saturated heterocycles. The number of furan rings is 1. The summed E-state index contributed by atoms with van der Waals surface area (Å²) in [6, 6.07) is 71.1. The lowest BCUT2D eigenvalue weighted by atomic mass is 9.93. The first kappa shape index (κ1) is 29.5. The van der Waals surface area contributed by atoms with Crippen LogP contribution in [0, 0.1) is 0 Å². The van der Waals surface area contributed by atoms with Gasteiger partial charge in [0.1, 0.15) is 11.2 Å². The summed E-state index contributed by atoms with van der Waals surface area (Å²) in [6.07, 6.45) is 0. The lowest BCUT2D eigenvalue weighted by Crippen LogP contribution is -2.10. The van der Waals surface area contributed by atoms with E-state index < -0.39 is 0 Å². The van der Waals surface area contributed by atoms with Crippen molar-refractivity contribution in [3.63, 3.8) is 0 Å². The third-order valence-electron chi connectivity index (χ3n) is 9.50. The first-order chi connectivity index (χ1) is 24.8. The van der Waals surface area contributed by atoms with E-state index in [4.69, 9.17) is 4.42 Å². The number of anilines is 3. The molecule has 0 radical (unpaired) electrons. The summed E-state index contributed by atoms with van der Waals surface area (Å²) in [7, 11) is 0. The van der Waals surface area contributed by atoms with Crippen molar-refractivity contribution in [2.24, 2.45) is 0 Å². The molecule has 1 aromatic heterocycles. The van der Waals surface area contributed by atoms with E-state index >= 15 is 0 Å². The lowest BCUT2D eigenvalue weighted by molar-refractivity contribution is 0.670. The molecule has 0 aliphatic carbocycles. The predicted octanol–water partition coefficient (Wildman–Crippen LogP) is 13.7. The van der Waals surface area contributed by atoms with Crippen molar-refractivity contribution in [2.45, 2.75) is 0 Å². The zero-order chi connectivity index (χ0) is 33.3. The number of benzene rings is 8. The Morgan fingerprint density at radius 2 is 0.780 bits per heavy atom. The molecule has 9 aromatic rings. The van der Waals surface area contributed by atoms with Gasteiger partial charge in [-0.25, -0.2) is 0 Å². The van der Waals surface area contributed by atoms with E-state index in [0.717, 1.165) is 50.1 Å². The van der Waals surface area contributed by atoms with Gasteiger partial charge in [-0.15, -0.1) is 0 Å². The summed E-state index contributed by atoms with van der Waals surface area (Å²) >= 11 is 0. The molecule has 0 amide bonds. The summed E-state index contributed by atoms with van der Waals surface area (Å²) in [5, 5.41) is 2.27. The van der Waals surface area contributed by atoms with E-state index in [9.17, 15) is 0 Å². The minimum atomic E-state index is 0.907. The van der Waals surface area contributed by atoms with Gasteiger partial charge in [0.15, 0.2) is 0 Å². The average molecular weight is 640 g/mol. The van der Waals surface area contributed by atoms with Crippen LogP contribution in [0.25, 0.3) is 66.4 Å². The molecule has 0 atom stereocenters. The van der Waals surface area contributed by atoms with E-state index in [-0.39, 0.29) is 0 Å². The Kier molecular flexibility index (Phi) is 7.53. The molecule has 0 saturated carbocycles. The van der Waals surface area contributed by atoms with Gasteiger partial charge < -0.3 is 9.32 Å². The fraction of sp³-hybridized carbons (Fsp3) is 0. The van der Waals surface area contributed by atoms with Crippen LogP contribution in [0.1, 0.15) is 0 Å². The van der Waals surface area contributed by atoms with Crippen LogP contribution in [0.3, 0.4) is 0 Å². The second kappa shape index (κ2) is 12.8. The molecule has 9 rings (SSSR count). The quantitative estimate of drug-likeness (QED) is 0.173. The van der Waals surface area contributed by atoms with Gasteiger partial charge in [-0.1, -0.05) is 158 Å². The van der Waals surface area contributed by atoms with Gasteiger partial charge in [-0.2, -0.15) is 0 Å². The molecule has 0 unspecified atom stereocenters. The van der Waals surface area contributed by atoms with Crippen molar-refractivity contribution in [1.82, 2.24) is 0 Å². The largest absolute Gasteiger partial charge is 0.455 e. The van der Waals surface area contributed by atoms with Crippen molar-refractivity contribution in [3.05, 3.63) is 200 Å². The third kappa shape index (κ3) is 5.43. The smallest absolute Gasteiger partial charge is 0.143 e. The minimum absolute atomic E-state index is 0.907. The number of hydrogen-bond acceptors (Lipinski definition) is 2. The molecule has 0 aliphatic rings. The maximum atomic E-state index is 6.39. The highest BCUT2D eigenvalue weighted by Gasteiger charge is 2.18. The predicted molar refractivity (Wildman–Crippen MR) is 210 cm³/mol. The Bertz CT molecular complexity index is 2550. The highest BCUT2D eigenvalue weighted by molar-refractivity contribution is 6.09. The molecule has 8 aromatic carbocycles. The molecule has 2 nitrogen and oxygen atoms in total. The van der Waals surface area contributed by atoms with Gasteiger partial charge in [0, 0.05) is 33.4 Å². The molecule has 0 fully saturated rings. The summed E-state index contributed by atoms with van der Waals surface area (Å²) in [5.74, 6) is 0. The lowest BCUT2D eigenvalue weighted by Gasteiger charge is -2.27. The van der Waals surface area contributed by atoms with E-state index in [0.29, 0.717) is 0 Å². The monoisotopic (exact) mass is 639 g/mol. The molecule has 236 valence electrons. The number of para-hydroxylation sites is 2. The number of rotatable bonds is 7. The Morgan fingerprint density at radius 1 is 0.300 bits per heavy atom. The topological polar surface area (TPSA) is 16.4 Å². The normalized spacial score (nSPS) is 11.2. The first-order valence-electron chi connectivity index (χ1n) is 17.0. The highest BCUT2D eigenvalue weighted by atomic mass is 16.3. The van der Waals surface area contributed by atoms with Crippen LogP contribution in [-0.4, -0.2) is 0 Å². The third-order valence-corrected chi connectivity index (χ3v) is 9.50. The Labute approximate surface area is 292 Å². The molecule has 0 N–H and O–H groups in total. The Morgan fingerprint density at radius 3 is 1.44 bits per heavy atom. The minimum Gasteiger partial charge on any atom is -0.455 e. The zero-order valence-corrected chi connectivity index (χ0v) is 27.4. The Balaban J connectivity index is 1.18. The summed E-state index contributed by atoms with van der Waals surface area (Å²) in [6.45, 7) is 0. The fourth-order valence-corrected chi connectivity index (χ4v) is 7.04. The fourth-order valence-electron chi connectivity index (χ4n) is 7.04. The van der Waals surface area contributed by atoms with Crippen molar-refractivity contribution < 1.29 is 4.42 Å². The SMILES string of the molecule is c1ccc(-c2ccc(N(c3ccc(-c4cccc5c4oc4ccccc45)cc3)c3ccc(-c4ccccc4)c(-c4ccccc4)c3)cc2)cc1. The van der Waals surface area contributed by atoms with E-state index in [1.165, 1.54) is 33.4 Å². The van der Waals surface area contributed by atoms with Crippen LogP contribution in [0.2, 0.25) is 0 Å². The van der Waals surface area contributed by atoms with Gasteiger partial charge in [0.2, 0.25) is 0 Å². The van der Waals surface area contributed by atoms with Crippen LogP contribution >= 0.6 is 0 Å². The standard InChI is InChI=1S/C48H33NO/c1-4-13-34(14-5-1)35-23-27-39(28-24-35)49(41-31-32-42(36-15-6-2-7-16-36)46(33-41)37-17-8-3-9-18-37)40-29-25-38(26-30-40)43-20-12-21-45-44-19-10-11-22-47(44)50-48(43)45/h1-33H. The number of fused-ring (bicyclic) bond motifs is 3. The molecular weight excluding hydrogens is 607 g/mol. The summed E-state index contributed by atoms with van der Waals surface area (Å²) in [4.78, 5) is 2.35. The van der Waals surface area contributed by atoms with Gasteiger partial charge >= 0.3 is 0 Å². The maximum Gasteiger partial charge on any atom is 0.143 e. The van der Waals surface area contributed by atoms with Crippen LogP contribution in [0.5, 0.6) is 0 Å². The van der Waals surface area contributed by atoms with Crippen LogP contribution in [0.4, 0.5) is 17.1 Å². The second-order valence-electron chi connectivity index (χ2n) is 12.5. The van der Waals surface area contributed by atoms with Crippen molar-refractivity contribution >= 4 is 39.0 Å². The van der Waals surface area contributed by atoms with Gasteiger partial charge in [-0.05, 0) is 81.4 Å². The highest BCUT2D eigenvalue weighted by Crippen LogP contribution is 2.42. The molecule has 0 spiro atoms. The maximum absolute atomic E-state index is 6.39. The van der Waals surface area contributed by atoms with Crippen molar-refractivity contribution in [3.8, 4) is 44.5 Å². The molecule has 0 aliphatic heterocycles. The van der Waals surface area contributed by atoms with Gasteiger partial charge in [0.05, 0.1) is 0 Å². The molecule has 0 bridgehead atoms. The van der Waals surface area contributed by atoms with Crippen molar-refractivity contribution in [2.75, 3.05) is 4.90 Å².